The maximum absolute atomic E-state index is 6.11. The molecule has 1 fully saturated rings. The minimum Gasteiger partial charge on any atom is -0.382 e. The molecule has 1 saturated carbocycles. The molecule has 0 heterocycles. The minimum absolute atomic E-state index is 0.409. The van der Waals surface area contributed by atoms with Crippen LogP contribution in [-0.4, -0.2) is 6.04 Å². The molecular weight excluding hydrogens is 254 g/mol. The fourth-order valence-corrected chi connectivity index (χ4v) is 4.09. The zero-order chi connectivity index (χ0) is 14.3. The second-order valence-electron chi connectivity index (χ2n) is 7.71. The molecule has 0 saturated heterocycles. The zero-order valence-electron chi connectivity index (χ0n) is 12.8. The van der Waals surface area contributed by atoms with E-state index >= 15 is 0 Å². The van der Waals surface area contributed by atoms with Gasteiger partial charge < -0.3 is 5.32 Å². The molecule has 0 aromatic heterocycles. The van der Waals surface area contributed by atoms with Gasteiger partial charge in [-0.2, -0.15) is 0 Å². The quantitative estimate of drug-likeness (QED) is 0.736. The van der Waals surface area contributed by atoms with Crippen molar-refractivity contribution in [2.24, 2.45) is 10.8 Å². The van der Waals surface area contributed by atoms with Crippen LogP contribution in [0.4, 0.5) is 5.69 Å². The molecule has 0 spiro atoms. The normalized spacial score (nSPS) is 22.2. The number of benzene rings is 1. The molecule has 0 unspecified atom stereocenters. The summed E-state index contributed by atoms with van der Waals surface area (Å²) in [6, 6.07) is 6.63. The highest BCUT2D eigenvalue weighted by Crippen LogP contribution is 2.46. The van der Waals surface area contributed by atoms with Crippen LogP contribution < -0.4 is 5.32 Å². The molecular formula is C17H26ClN. The lowest BCUT2D eigenvalue weighted by atomic mass is 9.63. The molecule has 0 radical (unpaired) electrons. The van der Waals surface area contributed by atoms with Gasteiger partial charge in [-0.05, 0) is 54.7 Å². The van der Waals surface area contributed by atoms with Crippen molar-refractivity contribution in [1.29, 1.82) is 0 Å². The predicted octanol–water partition coefficient (Wildman–Crippen LogP) is 5.67. The van der Waals surface area contributed by atoms with Crippen molar-refractivity contribution < 1.29 is 0 Å². The van der Waals surface area contributed by atoms with Crippen LogP contribution in [0.3, 0.4) is 0 Å². The van der Waals surface area contributed by atoms with Crippen molar-refractivity contribution in [3.05, 3.63) is 28.8 Å². The molecule has 0 aliphatic heterocycles. The summed E-state index contributed by atoms with van der Waals surface area (Å²) in [4.78, 5) is 0. The summed E-state index contributed by atoms with van der Waals surface area (Å²) in [6.07, 6.45) is 3.75. The van der Waals surface area contributed by atoms with Gasteiger partial charge in [0.25, 0.3) is 0 Å². The third-order valence-corrected chi connectivity index (χ3v) is 4.35. The SMILES string of the molecule is Cc1ccc(Cl)cc1NC1CC(C)(C)CC(C)(C)C1. The Kier molecular flexibility index (Phi) is 3.88. The standard InChI is InChI=1S/C17H26ClN/c1-12-6-7-13(18)8-15(12)19-14-9-16(2,3)11-17(4,5)10-14/h6-8,14,19H,9-11H2,1-5H3. The van der Waals surface area contributed by atoms with Gasteiger partial charge in [0.15, 0.2) is 0 Å². The highest BCUT2D eigenvalue weighted by Gasteiger charge is 2.38. The fourth-order valence-electron chi connectivity index (χ4n) is 3.92. The van der Waals surface area contributed by atoms with Gasteiger partial charge in [-0.25, -0.2) is 0 Å². The van der Waals surface area contributed by atoms with E-state index in [1.165, 1.54) is 30.5 Å². The van der Waals surface area contributed by atoms with Gasteiger partial charge in [0.2, 0.25) is 0 Å². The summed E-state index contributed by atoms with van der Waals surface area (Å²) >= 11 is 6.11. The van der Waals surface area contributed by atoms with Gasteiger partial charge in [-0.3, -0.25) is 0 Å². The highest BCUT2D eigenvalue weighted by atomic mass is 35.5. The Balaban J connectivity index is 2.16. The third-order valence-electron chi connectivity index (χ3n) is 4.11. The molecule has 2 rings (SSSR count). The Hall–Kier alpha value is -0.690. The highest BCUT2D eigenvalue weighted by molar-refractivity contribution is 6.30. The number of anilines is 1. The Morgan fingerprint density at radius 2 is 1.68 bits per heavy atom. The predicted molar refractivity (Wildman–Crippen MR) is 85.0 cm³/mol. The smallest absolute Gasteiger partial charge is 0.0426 e. The zero-order valence-corrected chi connectivity index (χ0v) is 13.6. The largest absolute Gasteiger partial charge is 0.382 e. The number of aryl methyl sites for hydroxylation is 1. The monoisotopic (exact) mass is 279 g/mol. The summed E-state index contributed by atoms with van der Waals surface area (Å²) in [6.45, 7) is 11.7. The number of halogens is 1. The Labute approximate surface area is 122 Å². The topological polar surface area (TPSA) is 12.0 Å². The molecule has 1 aliphatic carbocycles. The van der Waals surface area contributed by atoms with Crippen LogP contribution in [0.2, 0.25) is 5.02 Å². The van der Waals surface area contributed by atoms with E-state index in [1.54, 1.807) is 0 Å². The number of hydrogen-bond acceptors (Lipinski definition) is 1. The van der Waals surface area contributed by atoms with E-state index in [1.807, 2.05) is 12.1 Å². The number of rotatable bonds is 2. The van der Waals surface area contributed by atoms with Crippen LogP contribution in [0.25, 0.3) is 0 Å². The van der Waals surface area contributed by atoms with Gasteiger partial charge in [0.05, 0.1) is 0 Å². The number of hydrogen-bond donors (Lipinski definition) is 1. The lowest BCUT2D eigenvalue weighted by molar-refractivity contribution is 0.105. The first-order valence-corrected chi connectivity index (χ1v) is 7.57. The van der Waals surface area contributed by atoms with Gasteiger partial charge in [0, 0.05) is 16.8 Å². The molecule has 1 aliphatic rings. The minimum atomic E-state index is 0.409. The van der Waals surface area contributed by atoms with Crippen molar-refractivity contribution in [2.45, 2.75) is 59.9 Å². The van der Waals surface area contributed by atoms with E-state index in [0.717, 1.165) is 5.02 Å². The van der Waals surface area contributed by atoms with Crippen LogP contribution in [0.5, 0.6) is 0 Å². The molecule has 0 amide bonds. The molecule has 0 bridgehead atoms. The van der Waals surface area contributed by atoms with Gasteiger partial charge in [0.1, 0.15) is 0 Å². The van der Waals surface area contributed by atoms with Crippen molar-refractivity contribution >= 4 is 17.3 Å². The maximum atomic E-state index is 6.11. The lowest BCUT2D eigenvalue weighted by Gasteiger charge is -2.45. The van der Waals surface area contributed by atoms with Gasteiger partial charge in [-0.15, -0.1) is 0 Å². The first-order chi connectivity index (χ1) is 8.67. The second kappa shape index (κ2) is 5.01. The van der Waals surface area contributed by atoms with Gasteiger partial charge >= 0.3 is 0 Å². The summed E-state index contributed by atoms with van der Waals surface area (Å²) in [7, 11) is 0. The molecule has 1 aromatic carbocycles. The van der Waals surface area contributed by atoms with Crippen LogP contribution in [0.1, 0.15) is 52.5 Å². The fraction of sp³-hybridized carbons (Fsp3) is 0.647. The molecule has 0 atom stereocenters. The van der Waals surface area contributed by atoms with Crippen LogP contribution in [-0.2, 0) is 0 Å². The Morgan fingerprint density at radius 3 is 2.26 bits per heavy atom. The lowest BCUT2D eigenvalue weighted by Crippen LogP contribution is -2.40. The molecule has 1 nitrogen and oxygen atoms in total. The summed E-state index contributed by atoms with van der Waals surface area (Å²) in [5, 5.41) is 4.52. The van der Waals surface area contributed by atoms with Crippen LogP contribution in [0.15, 0.2) is 18.2 Å². The first-order valence-electron chi connectivity index (χ1n) is 7.20. The molecule has 19 heavy (non-hydrogen) atoms. The van der Waals surface area contributed by atoms with E-state index in [9.17, 15) is 0 Å². The van der Waals surface area contributed by atoms with E-state index in [-0.39, 0.29) is 0 Å². The van der Waals surface area contributed by atoms with E-state index in [0.29, 0.717) is 16.9 Å². The van der Waals surface area contributed by atoms with Crippen molar-refractivity contribution in [3.8, 4) is 0 Å². The second-order valence-corrected chi connectivity index (χ2v) is 8.15. The molecule has 106 valence electrons. The molecule has 1 N–H and O–H groups in total. The average molecular weight is 280 g/mol. The number of nitrogens with one attached hydrogen (secondary N) is 1. The first kappa shape index (κ1) is 14.7. The maximum Gasteiger partial charge on any atom is 0.0426 e. The molecule has 2 heteroatoms. The van der Waals surface area contributed by atoms with Crippen molar-refractivity contribution in [1.82, 2.24) is 0 Å². The summed E-state index contributed by atoms with van der Waals surface area (Å²) in [5.41, 5.74) is 3.27. The van der Waals surface area contributed by atoms with Crippen molar-refractivity contribution in [2.75, 3.05) is 5.32 Å². The van der Waals surface area contributed by atoms with E-state index in [2.05, 4.69) is 46.0 Å². The van der Waals surface area contributed by atoms with Crippen LogP contribution >= 0.6 is 11.6 Å². The Morgan fingerprint density at radius 1 is 1.11 bits per heavy atom. The van der Waals surface area contributed by atoms with Crippen LogP contribution in [0, 0.1) is 17.8 Å². The Bertz CT molecular complexity index is 446. The van der Waals surface area contributed by atoms with E-state index < -0.39 is 0 Å². The van der Waals surface area contributed by atoms with E-state index in [4.69, 9.17) is 11.6 Å². The van der Waals surface area contributed by atoms with Gasteiger partial charge in [-0.1, -0.05) is 45.4 Å². The third kappa shape index (κ3) is 3.89. The summed E-state index contributed by atoms with van der Waals surface area (Å²) in [5.74, 6) is 0. The summed E-state index contributed by atoms with van der Waals surface area (Å²) < 4.78 is 0. The van der Waals surface area contributed by atoms with Crippen molar-refractivity contribution in [3.63, 3.8) is 0 Å². The molecule has 1 aromatic rings. The average Bonchev–Trinajstić information content (AvgIpc) is 2.18.